The summed E-state index contributed by atoms with van der Waals surface area (Å²) in [5, 5.41) is 8.44. The lowest BCUT2D eigenvalue weighted by atomic mass is 9.99. The van der Waals surface area contributed by atoms with Gasteiger partial charge in [0, 0.05) is 43.2 Å². The van der Waals surface area contributed by atoms with E-state index in [2.05, 4.69) is 20.4 Å². The normalized spacial score (nSPS) is 21.5. The Morgan fingerprint density at radius 2 is 1.88 bits per heavy atom. The average Bonchev–Trinajstić information content (AvgIpc) is 3.29. The van der Waals surface area contributed by atoms with Crippen molar-refractivity contribution < 1.29 is 18.4 Å². The topological polar surface area (TPSA) is 85.5 Å². The Balaban J connectivity index is 1.36. The minimum absolute atomic E-state index is 0.188. The third-order valence-electron chi connectivity index (χ3n) is 7.02. The van der Waals surface area contributed by atoms with Gasteiger partial charge in [0.15, 0.2) is 11.6 Å². The number of hydrogen-bond donors (Lipinski definition) is 1. The molecule has 2 aromatic heterocycles. The number of rotatable bonds is 6. The average molecular weight is 468 g/mol. The van der Waals surface area contributed by atoms with Gasteiger partial charge in [-0.3, -0.25) is 0 Å². The van der Waals surface area contributed by atoms with Crippen LogP contribution in [0.4, 0.5) is 10.2 Å². The predicted octanol–water partition coefficient (Wildman–Crippen LogP) is 3.93. The second-order valence-corrected chi connectivity index (χ2v) is 9.69. The number of anilines is 1. The summed E-state index contributed by atoms with van der Waals surface area (Å²) in [5.41, 5.74) is 1.98. The molecule has 2 saturated heterocycles. The van der Waals surface area contributed by atoms with E-state index in [9.17, 15) is 0 Å². The maximum absolute atomic E-state index is 15.2. The number of pyridine rings is 1. The van der Waals surface area contributed by atoms with Gasteiger partial charge in [-0.1, -0.05) is 5.16 Å². The number of fused-ring (bicyclic) bond motifs is 1. The van der Waals surface area contributed by atoms with Crippen LogP contribution in [0.3, 0.4) is 0 Å². The number of piperidine rings is 1. The van der Waals surface area contributed by atoms with Crippen LogP contribution in [0.2, 0.25) is 0 Å². The van der Waals surface area contributed by atoms with E-state index in [0.29, 0.717) is 46.3 Å². The largest absolute Gasteiger partial charge is 0.490 e. The molecule has 0 bridgehead atoms. The summed E-state index contributed by atoms with van der Waals surface area (Å²) in [4.78, 5) is 11.6. The van der Waals surface area contributed by atoms with Crippen LogP contribution in [-0.4, -0.2) is 59.6 Å². The maximum Gasteiger partial charge on any atom is 0.261 e. The van der Waals surface area contributed by atoms with Crippen molar-refractivity contribution >= 4 is 16.7 Å². The third kappa shape index (κ3) is 4.22. The molecule has 8 nitrogen and oxygen atoms in total. The second kappa shape index (κ2) is 8.78. The first-order chi connectivity index (χ1) is 16.5. The Kier molecular flexibility index (Phi) is 5.61. The smallest absolute Gasteiger partial charge is 0.261 e. The van der Waals surface area contributed by atoms with Crippen molar-refractivity contribution in [1.29, 1.82) is 0 Å². The Morgan fingerprint density at radius 3 is 2.56 bits per heavy atom. The van der Waals surface area contributed by atoms with Gasteiger partial charge in [0.1, 0.15) is 17.1 Å². The molecule has 180 valence electrons. The molecule has 3 aromatic rings. The van der Waals surface area contributed by atoms with Crippen molar-refractivity contribution in [3.05, 3.63) is 29.3 Å². The molecule has 6 rings (SSSR count). The molecule has 0 radical (unpaired) electrons. The minimum atomic E-state index is -0.372. The van der Waals surface area contributed by atoms with E-state index in [1.165, 1.54) is 6.07 Å². The molecule has 1 aliphatic carbocycles. The molecular weight excluding hydrogens is 437 g/mol. The van der Waals surface area contributed by atoms with E-state index in [1.807, 2.05) is 13.0 Å². The van der Waals surface area contributed by atoms with E-state index >= 15 is 4.39 Å². The number of halogens is 1. The molecule has 9 heteroatoms. The zero-order chi connectivity index (χ0) is 23.2. The quantitative estimate of drug-likeness (QED) is 0.584. The summed E-state index contributed by atoms with van der Waals surface area (Å²) in [5.74, 6) is 1.84. The van der Waals surface area contributed by atoms with Crippen LogP contribution < -0.4 is 15.0 Å². The number of aryl methyl sites for hydroxylation is 2. The first-order valence-corrected chi connectivity index (χ1v) is 12.2. The molecule has 0 spiro atoms. The van der Waals surface area contributed by atoms with Crippen molar-refractivity contribution in [2.45, 2.75) is 64.1 Å². The summed E-state index contributed by atoms with van der Waals surface area (Å²) >= 11 is 0. The summed E-state index contributed by atoms with van der Waals surface area (Å²) < 4.78 is 32.2. The SMILES string of the molecule is Cc1noc(-c2c(N3CCC(N[C@@H]4CCOC4)CC3)nc3c(F)cc(OC4CC4)cc3c2C)n1. The molecule has 1 N–H and O–H groups in total. The van der Waals surface area contributed by atoms with E-state index in [0.717, 1.165) is 69.5 Å². The fraction of sp³-hybridized carbons (Fsp3) is 0.560. The van der Waals surface area contributed by atoms with Crippen LogP contribution in [-0.2, 0) is 4.74 Å². The zero-order valence-electron chi connectivity index (χ0n) is 19.6. The molecule has 1 saturated carbocycles. The predicted molar refractivity (Wildman–Crippen MR) is 126 cm³/mol. The van der Waals surface area contributed by atoms with Gasteiger partial charge in [0.2, 0.25) is 0 Å². The maximum atomic E-state index is 15.2. The van der Waals surface area contributed by atoms with Gasteiger partial charge in [-0.15, -0.1) is 0 Å². The second-order valence-electron chi connectivity index (χ2n) is 9.69. The molecular formula is C25H30FN5O3. The molecule has 3 aliphatic rings. The molecule has 1 aromatic carbocycles. The van der Waals surface area contributed by atoms with Gasteiger partial charge in [0.25, 0.3) is 5.89 Å². The number of benzene rings is 1. The Hall–Kier alpha value is -2.78. The fourth-order valence-electron chi connectivity index (χ4n) is 5.02. The number of nitrogens with one attached hydrogen (secondary N) is 1. The van der Waals surface area contributed by atoms with Crippen LogP contribution in [0.5, 0.6) is 5.75 Å². The van der Waals surface area contributed by atoms with Gasteiger partial charge in [-0.25, -0.2) is 9.37 Å². The van der Waals surface area contributed by atoms with Gasteiger partial charge in [-0.2, -0.15) is 4.98 Å². The van der Waals surface area contributed by atoms with Gasteiger partial charge in [-0.05, 0) is 57.6 Å². The first-order valence-electron chi connectivity index (χ1n) is 12.2. The minimum Gasteiger partial charge on any atom is -0.490 e. The number of ether oxygens (including phenoxy) is 2. The highest BCUT2D eigenvalue weighted by Gasteiger charge is 2.30. The van der Waals surface area contributed by atoms with Gasteiger partial charge < -0.3 is 24.2 Å². The monoisotopic (exact) mass is 467 g/mol. The van der Waals surface area contributed by atoms with E-state index < -0.39 is 0 Å². The van der Waals surface area contributed by atoms with Crippen molar-refractivity contribution in [2.24, 2.45) is 0 Å². The van der Waals surface area contributed by atoms with Crippen molar-refractivity contribution in [2.75, 3.05) is 31.2 Å². The number of aromatic nitrogens is 3. The van der Waals surface area contributed by atoms with Crippen molar-refractivity contribution in [1.82, 2.24) is 20.4 Å². The van der Waals surface area contributed by atoms with Gasteiger partial charge >= 0.3 is 0 Å². The molecule has 2 aliphatic heterocycles. The van der Waals surface area contributed by atoms with E-state index in [4.69, 9.17) is 19.0 Å². The Labute approximate surface area is 197 Å². The summed E-state index contributed by atoms with van der Waals surface area (Å²) in [6.07, 6.45) is 5.25. The van der Waals surface area contributed by atoms with Crippen LogP contribution in [0.25, 0.3) is 22.4 Å². The third-order valence-corrected chi connectivity index (χ3v) is 7.02. The van der Waals surface area contributed by atoms with Crippen molar-refractivity contribution in [3.8, 4) is 17.2 Å². The highest BCUT2D eigenvalue weighted by Crippen LogP contribution is 2.39. The summed E-state index contributed by atoms with van der Waals surface area (Å²) in [6.45, 7) is 7.02. The molecule has 0 amide bonds. The Bertz CT molecular complexity index is 1200. The lowest BCUT2D eigenvalue weighted by Crippen LogP contribution is -2.46. The summed E-state index contributed by atoms with van der Waals surface area (Å²) in [6, 6.07) is 4.22. The van der Waals surface area contributed by atoms with Gasteiger partial charge in [0.05, 0.1) is 18.3 Å². The molecule has 34 heavy (non-hydrogen) atoms. The highest BCUT2D eigenvalue weighted by molar-refractivity contribution is 5.93. The lowest BCUT2D eigenvalue weighted by Gasteiger charge is -2.35. The van der Waals surface area contributed by atoms with Crippen LogP contribution in [0, 0.1) is 19.7 Å². The Morgan fingerprint density at radius 1 is 1.06 bits per heavy atom. The van der Waals surface area contributed by atoms with E-state index in [1.54, 1.807) is 6.92 Å². The van der Waals surface area contributed by atoms with E-state index in [-0.39, 0.29) is 11.9 Å². The molecule has 1 atom stereocenters. The number of nitrogens with zero attached hydrogens (tertiary/aromatic N) is 4. The molecule has 4 heterocycles. The van der Waals surface area contributed by atoms with Crippen molar-refractivity contribution in [3.63, 3.8) is 0 Å². The van der Waals surface area contributed by atoms with Crippen LogP contribution in [0.15, 0.2) is 16.7 Å². The van der Waals surface area contributed by atoms with Crippen LogP contribution >= 0.6 is 0 Å². The molecule has 0 unspecified atom stereocenters. The standard InChI is InChI=1S/C25H30FN5O3/c1-14-20-11-19(33-18-3-4-18)12-21(26)23(20)29-24(22(14)25-27-15(2)30-34-25)31-8-5-16(6-9-31)28-17-7-10-32-13-17/h11-12,16-18,28H,3-10,13H2,1-2H3/t17-/m1/s1. The fourth-order valence-corrected chi connectivity index (χ4v) is 5.02. The highest BCUT2D eigenvalue weighted by atomic mass is 19.1. The number of hydrogen-bond acceptors (Lipinski definition) is 8. The van der Waals surface area contributed by atoms with Crippen LogP contribution in [0.1, 0.15) is 43.5 Å². The molecule has 3 fully saturated rings. The lowest BCUT2D eigenvalue weighted by molar-refractivity contribution is 0.186. The zero-order valence-corrected chi connectivity index (χ0v) is 19.6. The summed E-state index contributed by atoms with van der Waals surface area (Å²) in [7, 11) is 0. The first kappa shape index (κ1) is 21.7.